The molecule has 0 atom stereocenters. The van der Waals surface area contributed by atoms with Gasteiger partial charge in [0.2, 0.25) is 0 Å². The van der Waals surface area contributed by atoms with Gasteiger partial charge in [-0.2, -0.15) is 5.10 Å². The summed E-state index contributed by atoms with van der Waals surface area (Å²) in [4.78, 5) is 10.4. The van der Waals surface area contributed by atoms with Gasteiger partial charge in [0.1, 0.15) is 5.75 Å². The molecule has 104 valence electrons. The molecule has 0 aliphatic heterocycles. The number of rotatable bonds is 7. The highest BCUT2D eigenvalue weighted by Gasteiger charge is 2.02. The fourth-order valence-electron chi connectivity index (χ4n) is 1.42. The molecule has 3 N–H and O–H groups in total. The highest BCUT2D eigenvalue weighted by atomic mass is 35.5. The molecule has 1 rings (SSSR count). The summed E-state index contributed by atoms with van der Waals surface area (Å²) >= 11 is 6.08. The minimum atomic E-state index is -0.710. The Labute approximate surface area is 117 Å². The van der Waals surface area contributed by atoms with E-state index >= 15 is 0 Å². The summed E-state index contributed by atoms with van der Waals surface area (Å²) in [7, 11) is 0. The third-order valence-corrected chi connectivity index (χ3v) is 2.65. The fourth-order valence-corrected chi connectivity index (χ4v) is 1.66. The van der Waals surface area contributed by atoms with Gasteiger partial charge in [0.15, 0.2) is 0 Å². The van der Waals surface area contributed by atoms with E-state index in [1.54, 1.807) is 18.2 Å². The molecule has 2 amide bonds. The van der Waals surface area contributed by atoms with Crippen molar-refractivity contribution in [1.29, 1.82) is 0 Å². The predicted octanol–water partition coefficient (Wildman–Crippen LogP) is 2.91. The zero-order valence-corrected chi connectivity index (χ0v) is 11.6. The summed E-state index contributed by atoms with van der Waals surface area (Å²) in [6.07, 6.45) is 4.76. The Hall–Kier alpha value is -1.75. The van der Waals surface area contributed by atoms with Crippen LogP contribution in [-0.4, -0.2) is 18.9 Å². The Kier molecular flexibility index (Phi) is 6.74. The molecular formula is C13H18ClN3O2. The number of nitrogens with two attached hydrogens (primary N) is 1. The van der Waals surface area contributed by atoms with Crippen LogP contribution in [0.15, 0.2) is 23.3 Å². The second-order valence-electron chi connectivity index (χ2n) is 3.98. The maximum absolute atomic E-state index is 10.4. The number of hydrogen-bond acceptors (Lipinski definition) is 3. The molecule has 19 heavy (non-hydrogen) atoms. The second-order valence-corrected chi connectivity index (χ2v) is 4.39. The molecule has 0 heterocycles. The molecule has 0 saturated carbocycles. The van der Waals surface area contributed by atoms with E-state index in [0.717, 1.165) is 24.8 Å². The van der Waals surface area contributed by atoms with Crippen LogP contribution in [0, 0.1) is 0 Å². The van der Waals surface area contributed by atoms with Crippen LogP contribution in [0.4, 0.5) is 4.79 Å². The van der Waals surface area contributed by atoms with Crippen LogP contribution >= 0.6 is 11.6 Å². The smallest absolute Gasteiger partial charge is 0.332 e. The molecule has 0 aliphatic rings. The van der Waals surface area contributed by atoms with Gasteiger partial charge >= 0.3 is 6.03 Å². The highest BCUT2D eigenvalue weighted by molar-refractivity contribution is 6.32. The monoisotopic (exact) mass is 283 g/mol. The summed E-state index contributed by atoms with van der Waals surface area (Å²) < 4.78 is 5.57. The Morgan fingerprint density at radius 3 is 2.95 bits per heavy atom. The quantitative estimate of drug-likeness (QED) is 0.458. The molecule has 1 aromatic rings. The number of nitrogens with zero attached hydrogens (tertiary/aromatic N) is 1. The maximum atomic E-state index is 10.4. The normalized spacial score (nSPS) is 10.6. The third-order valence-electron chi connectivity index (χ3n) is 2.35. The largest absolute Gasteiger partial charge is 0.492 e. The van der Waals surface area contributed by atoms with E-state index in [-0.39, 0.29) is 0 Å². The van der Waals surface area contributed by atoms with E-state index < -0.39 is 6.03 Å². The molecule has 5 nitrogen and oxygen atoms in total. The van der Waals surface area contributed by atoms with Gasteiger partial charge in [0.05, 0.1) is 17.8 Å². The molecule has 1 aromatic carbocycles. The second kappa shape index (κ2) is 8.37. The van der Waals surface area contributed by atoms with E-state index in [1.165, 1.54) is 6.21 Å². The average molecular weight is 284 g/mol. The first kappa shape index (κ1) is 15.3. The van der Waals surface area contributed by atoms with E-state index in [0.29, 0.717) is 17.4 Å². The number of carbonyl (C=O) groups is 1. The number of hydrogen-bond donors (Lipinski definition) is 2. The third kappa shape index (κ3) is 6.10. The molecule has 0 aromatic heterocycles. The van der Waals surface area contributed by atoms with E-state index in [4.69, 9.17) is 22.1 Å². The van der Waals surface area contributed by atoms with Crippen LogP contribution in [0.25, 0.3) is 0 Å². The van der Waals surface area contributed by atoms with Crippen molar-refractivity contribution in [3.63, 3.8) is 0 Å². The number of hydrazone groups is 1. The lowest BCUT2D eigenvalue weighted by Gasteiger charge is -2.08. The highest BCUT2D eigenvalue weighted by Crippen LogP contribution is 2.25. The molecule has 0 unspecified atom stereocenters. The standard InChI is InChI=1S/C13H18ClN3O2/c1-2-3-4-7-19-12-6-5-10(8-11(12)14)9-16-17-13(15)18/h5-6,8-9H,2-4,7H2,1H3,(H3,15,17,18). The zero-order chi connectivity index (χ0) is 14.1. The van der Waals surface area contributed by atoms with Gasteiger partial charge < -0.3 is 10.5 Å². The topological polar surface area (TPSA) is 76.7 Å². The Balaban J connectivity index is 2.54. The van der Waals surface area contributed by atoms with Crippen molar-refractivity contribution in [2.75, 3.05) is 6.61 Å². The molecule has 0 bridgehead atoms. The summed E-state index contributed by atoms with van der Waals surface area (Å²) in [5, 5.41) is 4.16. The minimum absolute atomic E-state index is 0.513. The van der Waals surface area contributed by atoms with Crippen molar-refractivity contribution in [3.8, 4) is 5.75 Å². The number of nitrogens with one attached hydrogen (secondary N) is 1. The van der Waals surface area contributed by atoms with Gasteiger partial charge in [0.25, 0.3) is 0 Å². The van der Waals surface area contributed by atoms with Crippen molar-refractivity contribution in [3.05, 3.63) is 28.8 Å². The molecule has 0 aliphatic carbocycles. The number of ether oxygens (including phenoxy) is 1. The first-order chi connectivity index (χ1) is 9.13. The molecule has 0 saturated heterocycles. The van der Waals surface area contributed by atoms with Crippen LogP contribution in [0.2, 0.25) is 5.02 Å². The van der Waals surface area contributed by atoms with Crippen molar-refractivity contribution in [2.24, 2.45) is 10.8 Å². The SMILES string of the molecule is CCCCCOc1ccc(C=NNC(N)=O)cc1Cl. The first-order valence-electron chi connectivity index (χ1n) is 6.14. The number of primary amides is 1. The number of carbonyl (C=O) groups excluding carboxylic acids is 1. The number of halogens is 1. The van der Waals surface area contributed by atoms with Crippen molar-refractivity contribution in [1.82, 2.24) is 5.43 Å². The van der Waals surface area contributed by atoms with Crippen molar-refractivity contribution in [2.45, 2.75) is 26.2 Å². The Bertz CT molecular complexity index is 450. The number of amides is 2. The van der Waals surface area contributed by atoms with Gasteiger partial charge in [-0.25, -0.2) is 10.2 Å². The molecular weight excluding hydrogens is 266 g/mol. The van der Waals surface area contributed by atoms with Gasteiger partial charge in [0, 0.05) is 0 Å². The van der Waals surface area contributed by atoms with Gasteiger partial charge in [-0.3, -0.25) is 0 Å². The lowest BCUT2D eigenvalue weighted by atomic mass is 10.2. The van der Waals surface area contributed by atoms with Crippen LogP contribution in [0.1, 0.15) is 31.7 Å². The van der Waals surface area contributed by atoms with Gasteiger partial charge in [-0.05, 0) is 30.2 Å². The number of unbranched alkanes of at least 4 members (excludes halogenated alkanes) is 2. The number of urea groups is 1. The van der Waals surface area contributed by atoms with E-state index in [1.807, 2.05) is 0 Å². The summed E-state index contributed by atoms with van der Waals surface area (Å²) in [6.45, 7) is 2.80. The van der Waals surface area contributed by atoms with Crippen molar-refractivity contribution >= 4 is 23.8 Å². The first-order valence-corrected chi connectivity index (χ1v) is 6.52. The maximum Gasteiger partial charge on any atom is 0.332 e. The van der Waals surface area contributed by atoms with Gasteiger partial charge in [-0.15, -0.1) is 0 Å². The predicted molar refractivity (Wildman–Crippen MR) is 76.8 cm³/mol. The van der Waals surface area contributed by atoms with Crippen LogP contribution in [0.3, 0.4) is 0 Å². The van der Waals surface area contributed by atoms with Crippen LogP contribution in [-0.2, 0) is 0 Å². The Morgan fingerprint density at radius 1 is 1.53 bits per heavy atom. The summed E-state index contributed by atoms with van der Waals surface area (Å²) in [6, 6.07) is 4.58. The minimum Gasteiger partial charge on any atom is -0.492 e. The van der Waals surface area contributed by atoms with E-state index in [9.17, 15) is 4.79 Å². The zero-order valence-electron chi connectivity index (χ0n) is 10.9. The van der Waals surface area contributed by atoms with Crippen LogP contribution < -0.4 is 15.9 Å². The average Bonchev–Trinajstić information content (AvgIpc) is 2.36. The molecule has 0 spiro atoms. The summed E-state index contributed by atoms with van der Waals surface area (Å²) in [5.41, 5.74) is 7.74. The lowest BCUT2D eigenvalue weighted by Crippen LogP contribution is -2.24. The molecule has 0 fully saturated rings. The van der Waals surface area contributed by atoms with Gasteiger partial charge in [-0.1, -0.05) is 31.4 Å². The number of benzene rings is 1. The van der Waals surface area contributed by atoms with Crippen molar-refractivity contribution < 1.29 is 9.53 Å². The fraction of sp³-hybridized carbons (Fsp3) is 0.385. The van der Waals surface area contributed by atoms with E-state index in [2.05, 4.69) is 17.5 Å². The Morgan fingerprint density at radius 2 is 2.32 bits per heavy atom. The summed E-state index contributed by atoms with van der Waals surface area (Å²) in [5.74, 6) is 0.651. The lowest BCUT2D eigenvalue weighted by molar-refractivity contribution is 0.249. The molecule has 0 radical (unpaired) electrons. The molecule has 6 heteroatoms. The van der Waals surface area contributed by atoms with Crippen LogP contribution in [0.5, 0.6) is 5.75 Å².